The van der Waals surface area contributed by atoms with Gasteiger partial charge >= 0.3 is 5.97 Å². The summed E-state index contributed by atoms with van der Waals surface area (Å²) in [5.41, 5.74) is 2.19. The van der Waals surface area contributed by atoms with Crippen molar-refractivity contribution in [2.75, 3.05) is 20.3 Å². The van der Waals surface area contributed by atoms with E-state index >= 15 is 0 Å². The van der Waals surface area contributed by atoms with Gasteiger partial charge in [-0.15, -0.1) is 0 Å². The molecule has 2 aromatic carbocycles. The summed E-state index contributed by atoms with van der Waals surface area (Å²) in [6.45, 7) is 1.83. The fourth-order valence-electron chi connectivity index (χ4n) is 4.15. The number of benzene rings is 2. The molecule has 0 N–H and O–H groups in total. The van der Waals surface area contributed by atoms with E-state index in [1.165, 1.54) is 6.92 Å². The highest BCUT2D eigenvalue weighted by molar-refractivity contribution is 5.65. The van der Waals surface area contributed by atoms with Crippen LogP contribution in [0.4, 0.5) is 0 Å². The molecule has 4 rings (SSSR count). The topological polar surface area (TPSA) is 72.5 Å². The van der Waals surface area contributed by atoms with Crippen molar-refractivity contribution in [3.8, 4) is 0 Å². The lowest BCUT2D eigenvalue weighted by molar-refractivity contribution is -0.380. The minimum Gasteiger partial charge on any atom is -0.463 e. The van der Waals surface area contributed by atoms with E-state index in [0.29, 0.717) is 19.4 Å². The van der Waals surface area contributed by atoms with Crippen molar-refractivity contribution in [3.05, 3.63) is 71.8 Å². The van der Waals surface area contributed by atoms with Gasteiger partial charge in [0.25, 0.3) is 0 Å². The number of carbonyl (C=O) groups is 1. The number of esters is 1. The second kappa shape index (κ2) is 11.0. The second-order valence-corrected chi connectivity index (χ2v) is 8.05. The number of carbonyl (C=O) groups excluding carboxylic acids is 1. The summed E-state index contributed by atoms with van der Waals surface area (Å²) in [4.78, 5) is 11.5. The molecular weight excluding hydrogens is 412 g/mol. The van der Waals surface area contributed by atoms with Crippen LogP contribution in [-0.2, 0) is 46.1 Å². The molecule has 2 heterocycles. The Labute approximate surface area is 188 Å². The highest BCUT2D eigenvalue weighted by Crippen LogP contribution is 2.33. The van der Waals surface area contributed by atoms with E-state index in [0.717, 1.165) is 11.1 Å². The average molecular weight is 443 g/mol. The first-order chi connectivity index (χ1) is 15.6. The summed E-state index contributed by atoms with van der Waals surface area (Å²) in [6.07, 6.45) is -1.55. The van der Waals surface area contributed by atoms with Crippen LogP contribution < -0.4 is 0 Å². The maximum Gasteiger partial charge on any atom is 0.302 e. The fraction of sp³-hybridized carbons (Fsp3) is 0.480. The zero-order chi connectivity index (χ0) is 22.3. The van der Waals surface area contributed by atoms with Crippen LogP contribution >= 0.6 is 0 Å². The Morgan fingerprint density at radius 3 is 1.66 bits per heavy atom. The van der Waals surface area contributed by atoms with Gasteiger partial charge in [-0.1, -0.05) is 60.7 Å². The monoisotopic (exact) mass is 442 g/mol. The number of fused-ring (bicyclic) bond motifs is 1. The molecule has 0 amide bonds. The lowest BCUT2D eigenvalue weighted by atomic mass is 9.98. The normalized spacial score (nSPS) is 29.8. The lowest BCUT2D eigenvalue weighted by Gasteiger charge is -2.49. The maximum absolute atomic E-state index is 11.5. The summed E-state index contributed by atoms with van der Waals surface area (Å²) >= 11 is 0. The Balaban J connectivity index is 1.52. The molecule has 2 aromatic rings. The van der Waals surface area contributed by atoms with Crippen molar-refractivity contribution in [1.29, 1.82) is 0 Å². The first-order valence-corrected chi connectivity index (χ1v) is 10.9. The largest absolute Gasteiger partial charge is 0.463 e. The van der Waals surface area contributed by atoms with Gasteiger partial charge in [-0.2, -0.15) is 0 Å². The Hall–Kier alpha value is -2.29. The molecule has 7 heteroatoms. The highest BCUT2D eigenvalue weighted by atomic mass is 16.8. The van der Waals surface area contributed by atoms with E-state index in [2.05, 4.69) is 0 Å². The first-order valence-electron chi connectivity index (χ1n) is 10.9. The maximum atomic E-state index is 11.5. The van der Waals surface area contributed by atoms with Crippen LogP contribution in [0.25, 0.3) is 0 Å². The van der Waals surface area contributed by atoms with Crippen molar-refractivity contribution in [1.82, 2.24) is 0 Å². The molecule has 2 aliphatic rings. The van der Waals surface area contributed by atoms with Gasteiger partial charge in [0.15, 0.2) is 12.6 Å². The van der Waals surface area contributed by atoms with E-state index in [9.17, 15) is 4.79 Å². The fourth-order valence-corrected chi connectivity index (χ4v) is 4.15. The predicted molar refractivity (Wildman–Crippen MR) is 116 cm³/mol. The van der Waals surface area contributed by atoms with Gasteiger partial charge in [-0.3, -0.25) is 4.79 Å². The van der Waals surface area contributed by atoms with Crippen LogP contribution in [0.5, 0.6) is 0 Å². The Morgan fingerprint density at radius 1 is 0.750 bits per heavy atom. The van der Waals surface area contributed by atoms with E-state index in [4.69, 9.17) is 28.4 Å². The number of hydrogen-bond donors (Lipinski definition) is 0. The van der Waals surface area contributed by atoms with Crippen LogP contribution in [0.2, 0.25) is 0 Å². The molecule has 0 spiro atoms. The average Bonchev–Trinajstić information content (AvgIpc) is 2.79. The van der Waals surface area contributed by atoms with Gasteiger partial charge in [0.2, 0.25) is 0 Å². The zero-order valence-electron chi connectivity index (χ0n) is 18.4. The molecular formula is C25H30O7. The van der Waals surface area contributed by atoms with Gasteiger partial charge < -0.3 is 28.4 Å². The summed E-state index contributed by atoms with van der Waals surface area (Å²) in [7, 11) is 1.64. The number of rotatable bonds is 8. The summed E-state index contributed by atoms with van der Waals surface area (Å²) in [5, 5.41) is 0. The smallest absolute Gasteiger partial charge is 0.302 e. The molecule has 6 unspecified atom stereocenters. The number of hydrogen-bond acceptors (Lipinski definition) is 7. The first kappa shape index (κ1) is 22.9. The molecule has 7 nitrogen and oxygen atoms in total. The van der Waals surface area contributed by atoms with Crippen molar-refractivity contribution >= 4 is 5.97 Å². The summed E-state index contributed by atoms with van der Waals surface area (Å²) in [6, 6.07) is 20.0. The van der Waals surface area contributed by atoms with Gasteiger partial charge in [-0.05, 0) is 11.1 Å². The summed E-state index contributed by atoms with van der Waals surface area (Å²) in [5.74, 6) is -0.363. The quantitative estimate of drug-likeness (QED) is 0.582. The molecule has 0 saturated carbocycles. The predicted octanol–water partition coefficient (Wildman–Crippen LogP) is 2.90. The minimum atomic E-state index is -0.517. The van der Waals surface area contributed by atoms with Crippen LogP contribution in [0.3, 0.4) is 0 Å². The van der Waals surface area contributed by atoms with Gasteiger partial charge in [0.05, 0.1) is 6.61 Å². The second-order valence-electron chi connectivity index (χ2n) is 8.05. The molecule has 6 atom stereocenters. The van der Waals surface area contributed by atoms with Crippen molar-refractivity contribution in [3.63, 3.8) is 0 Å². The highest BCUT2D eigenvalue weighted by Gasteiger charge is 2.50. The molecule has 32 heavy (non-hydrogen) atoms. The Kier molecular flexibility index (Phi) is 7.89. The molecule has 172 valence electrons. The molecule has 0 bridgehead atoms. The van der Waals surface area contributed by atoms with Crippen molar-refractivity contribution < 1.29 is 33.2 Å². The number of methoxy groups -OCH3 is 1. The SMILES string of the molecule is COCC1OC(Cc2ccccc2)OC2C(COC(C)=O)OC(Cc3ccccc3)OC12. The van der Waals surface area contributed by atoms with E-state index in [1.807, 2.05) is 60.7 Å². The van der Waals surface area contributed by atoms with Crippen molar-refractivity contribution in [2.45, 2.75) is 56.8 Å². The van der Waals surface area contributed by atoms with E-state index in [-0.39, 0.29) is 18.7 Å². The lowest BCUT2D eigenvalue weighted by Crippen LogP contribution is -2.63. The standard InChI is InChI=1S/C25H30O7/c1-17(26)28-16-21-25-24(31-23(30-21)14-19-11-7-4-8-12-19)20(15-27-2)29-22(32-25)13-18-9-5-3-6-10-18/h3-12,20-25H,13-16H2,1-2H3. The third-order valence-corrected chi connectivity index (χ3v) is 5.60. The third kappa shape index (κ3) is 5.94. The van der Waals surface area contributed by atoms with E-state index in [1.54, 1.807) is 7.11 Å². The minimum absolute atomic E-state index is 0.0862. The molecule has 0 aliphatic carbocycles. The molecule has 0 aromatic heterocycles. The molecule has 2 fully saturated rings. The Bertz CT molecular complexity index is 844. The van der Waals surface area contributed by atoms with Crippen LogP contribution in [-0.4, -0.2) is 63.3 Å². The van der Waals surface area contributed by atoms with E-state index < -0.39 is 30.9 Å². The van der Waals surface area contributed by atoms with Crippen LogP contribution in [0.1, 0.15) is 18.1 Å². The molecule has 0 radical (unpaired) electrons. The Morgan fingerprint density at radius 2 is 1.22 bits per heavy atom. The van der Waals surface area contributed by atoms with Gasteiger partial charge in [0.1, 0.15) is 31.0 Å². The zero-order valence-corrected chi connectivity index (χ0v) is 18.4. The number of ether oxygens (including phenoxy) is 6. The molecule has 2 aliphatic heterocycles. The van der Waals surface area contributed by atoms with Crippen LogP contribution in [0.15, 0.2) is 60.7 Å². The van der Waals surface area contributed by atoms with Gasteiger partial charge in [-0.25, -0.2) is 0 Å². The third-order valence-electron chi connectivity index (χ3n) is 5.60. The summed E-state index contributed by atoms with van der Waals surface area (Å²) < 4.78 is 35.8. The van der Waals surface area contributed by atoms with Gasteiger partial charge in [0, 0.05) is 26.9 Å². The van der Waals surface area contributed by atoms with Crippen LogP contribution in [0, 0.1) is 0 Å². The van der Waals surface area contributed by atoms with Crippen molar-refractivity contribution in [2.24, 2.45) is 0 Å². The molecule has 2 saturated heterocycles.